The van der Waals surface area contributed by atoms with Crippen molar-refractivity contribution in [3.63, 3.8) is 0 Å². The summed E-state index contributed by atoms with van der Waals surface area (Å²) in [5.41, 5.74) is 0.653. The monoisotopic (exact) mass is 289 g/mol. The fraction of sp³-hybridized carbons (Fsp3) is 0.400. The highest BCUT2D eigenvalue weighted by Crippen LogP contribution is 2.17. The summed E-state index contributed by atoms with van der Waals surface area (Å²) in [4.78, 5) is 27.6. The molecule has 0 heterocycles. The van der Waals surface area contributed by atoms with Gasteiger partial charge in [0.05, 0.1) is 0 Å². The first-order valence-corrected chi connectivity index (χ1v) is 7.11. The molecule has 1 aliphatic rings. The summed E-state index contributed by atoms with van der Waals surface area (Å²) in [5.74, 6) is -0.452. The normalized spacial score (nSPS) is 15.6. The Morgan fingerprint density at radius 3 is 2.57 bits per heavy atom. The molecule has 0 aromatic heterocycles. The van der Waals surface area contributed by atoms with E-state index in [9.17, 15) is 9.59 Å². The van der Waals surface area contributed by atoms with Crippen LogP contribution in [0.25, 0.3) is 0 Å². The van der Waals surface area contributed by atoms with Gasteiger partial charge in [0.25, 0.3) is 5.91 Å². The quantitative estimate of drug-likeness (QED) is 0.508. The molecule has 1 saturated carbocycles. The summed E-state index contributed by atoms with van der Waals surface area (Å²) in [5, 5.41) is 8.72. The van der Waals surface area contributed by atoms with Crippen LogP contribution in [0.3, 0.4) is 0 Å². The maximum absolute atomic E-state index is 11.5. The number of hydrogen-bond donors (Lipinski definition) is 2. The third-order valence-electron chi connectivity index (χ3n) is 3.27. The lowest BCUT2D eigenvalue weighted by Gasteiger charge is -2.21. The lowest BCUT2D eigenvalue weighted by molar-refractivity contribution is -0.110. The lowest BCUT2D eigenvalue weighted by atomic mass is 9.96. The third-order valence-corrected chi connectivity index (χ3v) is 3.27. The van der Waals surface area contributed by atoms with E-state index in [2.05, 4.69) is 20.6 Å². The van der Waals surface area contributed by atoms with Crippen LogP contribution in [0.5, 0.6) is 0 Å². The van der Waals surface area contributed by atoms with E-state index in [-0.39, 0.29) is 6.04 Å². The van der Waals surface area contributed by atoms with Crippen LogP contribution in [-0.4, -0.2) is 24.3 Å². The van der Waals surface area contributed by atoms with Gasteiger partial charge in [-0.05, 0) is 25.0 Å². The molecule has 1 aromatic rings. The van der Waals surface area contributed by atoms with Crippen LogP contribution in [-0.2, 0) is 9.63 Å². The Kier molecular flexibility index (Phi) is 5.75. The molecule has 6 heteroatoms. The molecule has 1 aliphatic carbocycles. The Morgan fingerprint density at radius 1 is 1.14 bits per heavy atom. The van der Waals surface area contributed by atoms with Gasteiger partial charge in [-0.15, -0.1) is 0 Å². The minimum Gasteiger partial charge on any atom is -0.321 e. The number of nitrogens with zero attached hydrogens (tertiary/aromatic N) is 1. The maximum Gasteiger partial charge on any atom is 0.433 e. The number of hydrogen-bond acceptors (Lipinski definition) is 4. The van der Waals surface area contributed by atoms with Crippen molar-refractivity contribution in [2.24, 2.45) is 5.16 Å². The Hall–Kier alpha value is -2.37. The second-order valence-corrected chi connectivity index (χ2v) is 4.95. The summed E-state index contributed by atoms with van der Waals surface area (Å²) in [6.07, 6.45) is 5.70. The number of anilines is 1. The van der Waals surface area contributed by atoms with Crippen molar-refractivity contribution in [1.82, 2.24) is 5.32 Å². The van der Waals surface area contributed by atoms with Gasteiger partial charge in [-0.1, -0.05) is 42.6 Å². The van der Waals surface area contributed by atoms with Crippen LogP contribution in [0.15, 0.2) is 35.5 Å². The molecule has 1 aromatic carbocycles. The Bertz CT molecular complexity index is 496. The zero-order valence-electron chi connectivity index (χ0n) is 11.7. The molecule has 0 saturated heterocycles. The van der Waals surface area contributed by atoms with Crippen molar-refractivity contribution in [1.29, 1.82) is 0 Å². The molecule has 0 atom stereocenters. The van der Waals surface area contributed by atoms with E-state index in [1.165, 1.54) is 6.42 Å². The van der Waals surface area contributed by atoms with Gasteiger partial charge < -0.3 is 10.6 Å². The number of rotatable bonds is 4. The second-order valence-electron chi connectivity index (χ2n) is 4.95. The predicted octanol–water partition coefficient (Wildman–Crippen LogP) is 2.67. The molecule has 112 valence electrons. The fourth-order valence-electron chi connectivity index (χ4n) is 2.26. The van der Waals surface area contributed by atoms with Gasteiger partial charge in [-0.25, -0.2) is 4.79 Å². The summed E-state index contributed by atoms with van der Waals surface area (Å²) < 4.78 is 0. The molecule has 0 radical (unpaired) electrons. The van der Waals surface area contributed by atoms with Crippen LogP contribution in [0, 0.1) is 0 Å². The molecular formula is C15H19N3O3. The zero-order chi connectivity index (χ0) is 14.9. The molecule has 0 bridgehead atoms. The van der Waals surface area contributed by atoms with Crippen LogP contribution in [0.2, 0.25) is 0 Å². The highest BCUT2D eigenvalue weighted by molar-refractivity contribution is 6.31. The van der Waals surface area contributed by atoms with Crippen molar-refractivity contribution in [3.05, 3.63) is 30.3 Å². The fourth-order valence-corrected chi connectivity index (χ4v) is 2.26. The van der Waals surface area contributed by atoms with E-state index < -0.39 is 12.0 Å². The summed E-state index contributed by atoms with van der Waals surface area (Å²) in [6, 6.07) is 9.12. The molecule has 2 N–H and O–H groups in total. The molecule has 0 spiro atoms. The molecular weight excluding hydrogens is 270 g/mol. The second kappa shape index (κ2) is 8.04. The van der Waals surface area contributed by atoms with Gasteiger partial charge in [0, 0.05) is 11.7 Å². The first-order chi connectivity index (χ1) is 10.2. The topological polar surface area (TPSA) is 79.8 Å². The van der Waals surface area contributed by atoms with E-state index >= 15 is 0 Å². The standard InChI is InChI=1S/C15H19N3O3/c19-14(17-12-7-3-1-4-8-12)11-16-21-15(20)18-13-9-5-2-6-10-13/h1,3-4,7-8,11,13H,2,5-6,9-10H2,(H,17,19)(H,18,20)/b16-11+. The van der Waals surface area contributed by atoms with Gasteiger partial charge in [0.15, 0.2) is 0 Å². The van der Waals surface area contributed by atoms with Crippen LogP contribution in [0.1, 0.15) is 32.1 Å². The number of nitrogens with one attached hydrogen (secondary N) is 2. The van der Waals surface area contributed by atoms with Crippen LogP contribution < -0.4 is 10.6 Å². The Labute approximate surface area is 123 Å². The predicted molar refractivity (Wildman–Crippen MR) is 80.1 cm³/mol. The Morgan fingerprint density at radius 2 is 1.86 bits per heavy atom. The summed E-state index contributed by atoms with van der Waals surface area (Å²) >= 11 is 0. The van der Waals surface area contributed by atoms with Gasteiger partial charge in [0.2, 0.25) is 0 Å². The number of para-hydroxylation sites is 1. The summed E-state index contributed by atoms with van der Waals surface area (Å²) in [7, 11) is 0. The van der Waals surface area contributed by atoms with Gasteiger partial charge in [-0.2, -0.15) is 0 Å². The van der Waals surface area contributed by atoms with E-state index in [4.69, 9.17) is 0 Å². The minimum atomic E-state index is -0.620. The van der Waals surface area contributed by atoms with E-state index in [0.717, 1.165) is 31.9 Å². The van der Waals surface area contributed by atoms with E-state index in [1.54, 1.807) is 24.3 Å². The average Bonchev–Trinajstić information content (AvgIpc) is 2.49. The van der Waals surface area contributed by atoms with Crippen molar-refractivity contribution in [2.75, 3.05) is 5.32 Å². The average molecular weight is 289 g/mol. The Balaban J connectivity index is 1.69. The number of benzene rings is 1. The summed E-state index contributed by atoms with van der Waals surface area (Å²) in [6.45, 7) is 0. The molecule has 21 heavy (non-hydrogen) atoms. The molecule has 0 unspecified atom stereocenters. The van der Waals surface area contributed by atoms with Crippen LogP contribution >= 0.6 is 0 Å². The lowest BCUT2D eigenvalue weighted by Crippen LogP contribution is -2.35. The zero-order valence-corrected chi connectivity index (χ0v) is 11.7. The molecule has 2 amide bonds. The third kappa shape index (κ3) is 5.64. The van der Waals surface area contributed by atoms with Gasteiger partial charge >= 0.3 is 6.09 Å². The maximum atomic E-state index is 11.5. The van der Waals surface area contributed by atoms with E-state index in [0.29, 0.717) is 5.69 Å². The number of oxime groups is 1. The first kappa shape index (κ1) is 15.0. The SMILES string of the molecule is O=C(/C=N/OC(=O)NC1CCCCC1)Nc1ccccc1. The largest absolute Gasteiger partial charge is 0.433 e. The van der Waals surface area contributed by atoms with Crippen LogP contribution in [0.4, 0.5) is 10.5 Å². The minimum absolute atomic E-state index is 0.152. The van der Waals surface area contributed by atoms with Gasteiger partial charge in [0.1, 0.15) is 6.21 Å². The number of carbonyl (C=O) groups excluding carboxylic acids is 2. The highest BCUT2D eigenvalue weighted by Gasteiger charge is 2.16. The number of amides is 2. The molecule has 1 fully saturated rings. The van der Waals surface area contributed by atoms with Crippen molar-refractivity contribution >= 4 is 23.9 Å². The van der Waals surface area contributed by atoms with Gasteiger partial charge in [-0.3, -0.25) is 9.63 Å². The van der Waals surface area contributed by atoms with Crippen molar-refractivity contribution in [2.45, 2.75) is 38.1 Å². The highest BCUT2D eigenvalue weighted by atomic mass is 16.7. The van der Waals surface area contributed by atoms with Crippen molar-refractivity contribution < 1.29 is 14.4 Å². The smallest absolute Gasteiger partial charge is 0.321 e. The first-order valence-electron chi connectivity index (χ1n) is 7.11. The molecule has 6 nitrogen and oxygen atoms in total. The van der Waals surface area contributed by atoms with Crippen molar-refractivity contribution in [3.8, 4) is 0 Å². The van der Waals surface area contributed by atoms with E-state index in [1.807, 2.05) is 6.07 Å². The molecule has 0 aliphatic heterocycles. The molecule has 2 rings (SSSR count). The number of carbonyl (C=O) groups is 2.